The number of rotatable bonds is 3. The fraction of sp³-hybridized carbons (Fsp3) is 0. The molecule has 0 fully saturated rings. The van der Waals surface area contributed by atoms with Gasteiger partial charge in [-0.05, 0) is 18.2 Å². The van der Waals surface area contributed by atoms with Gasteiger partial charge in [0, 0.05) is 5.02 Å². The zero-order chi connectivity index (χ0) is 12.4. The molecule has 0 aliphatic carbocycles. The van der Waals surface area contributed by atoms with Crippen molar-refractivity contribution in [1.29, 1.82) is 0 Å². The second-order valence-electron chi connectivity index (χ2n) is 3.08. The van der Waals surface area contributed by atoms with Gasteiger partial charge in [-0.1, -0.05) is 22.9 Å². The first kappa shape index (κ1) is 11.8. The molecule has 1 heterocycles. The van der Waals surface area contributed by atoms with Gasteiger partial charge in [0.05, 0.1) is 11.9 Å². The highest BCUT2D eigenvalue weighted by atomic mass is 35.5. The van der Waals surface area contributed by atoms with Crippen molar-refractivity contribution in [1.82, 2.24) is 4.98 Å². The number of nitrogens with zero attached hydrogens (tertiary/aromatic N) is 1. The van der Waals surface area contributed by atoms with Crippen molar-refractivity contribution in [3.8, 4) is 0 Å². The number of carboxylic acids is 1. The molecule has 0 saturated carbocycles. The highest BCUT2D eigenvalue weighted by Crippen LogP contribution is 2.26. The first-order valence-electron chi connectivity index (χ1n) is 4.47. The number of aromatic nitrogens is 1. The first-order chi connectivity index (χ1) is 8.06. The molecular formula is C10H6ClFN2O2S. The van der Waals surface area contributed by atoms with Crippen LogP contribution in [-0.4, -0.2) is 16.1 Å². The van der Waals surface area contributed by atoms with Crippen LogP contribution in [0.2, 0.25) is 5.02 Å². The van der Waals surface area contributed by atoms with E-state index in [-0.39, 0.29) is 10.6 Å². The lowest BCUT2D eigenvalue weighted by Gasteiger charge is -2.03. The maximum Gasteiger partial charge on any atom is 0.347 e. The number of hydrogen-bond donors (Lipinski definition) is 2. The number of hydrogen-bond acceptors (Lipinski definition) is 4. The van der Waals surface area contributed by atoms with E-state index in [9.17, 15) is 9.18 Å². The Labute approximate surface area is 105 Å². The summed E-state index contributed by atoms with van der Waals surface area (Å²) in [5.41, 5.74) is 0.156. The van der Waals surface area contributed by atoms with Crippen LogP contribution in [0.15, 0.2) is 24.4 Å². The molecule has 17 heavy (non-hydrogen) atoms. The number of nitrogens with one attached hydrogen (secondary N) is 1. The highest BCUT2D eigenvalue weighted by molar-refractivity contribution is 7.17. The van der Waals surface area contributed by atoms with Gasteiger partial charge in [-0.3, -0.25) is 0 Å². The molecule has 0 unspecified atom stereocenters. The molecule has 0 aliphatic rings. The SMILES string of the molecule is O=C(O)c1cnc(Nc2cc(Cl)ccc2F)s1. The minimum absolute atomic E-state index is 0.0786. The summed E-state index contributed by atoms with van der Waals surface area (Å²) < 4.78 is 13.4. The number of thiazole rings is 1. The zero-order valence-electron chi connectivity index (χ0n) is 8.28. The average Bonchev–Trinajstić information content (AvgIpc) is 2.72. The van der Waals surface area contributed by atoms with Crippen LogP contribution in [0.25, 0.3) is 0 Å². The topological polar surface area (TPSA) is 62.2 Å². The Hall–Kier alpha value is -1.66. The van der Waals surface area contributed by atoms with E-state index in [1.54, 1.807) is 0 Å². The molecule has 0 atom stereocenters. The number of anilines is 2. The van der Waals surface area contributed by atoms with Gasteiger partial charge in [0.25, 0.3) is 0 Å². The quantitative estimate of drug-likeness (QED) is 0.899. The van der Waals surface area contributed by atoms with Gasteiger partial charge < -0.3 is 10.4 Å². The lowest BCUT2D eigenvalue weighted by molar-refractivity contribution is 0.0702. The smallest absolute Gasteiger partial charge is 0.347 e. The number of aromatic carboxylic acids is 1. The molecule has 0 saturated heterocycles. The van der Waals surface area contributed by atoms with Gasteiger partial charge in [-0.25, -0.2) is 14.2 Å². The van der Waals surface area contributed by atoms with Gasteiger partial charge in [-0.2, -0.15) is 0 Å². The minimum Gasteiger partial charge on any atom is -0.477 e. The predicted octanol–water partition coefficient (Wildman–Crippen LogP) is 3.38. The molecule has 88 valence electrons. The van der Waals surface area contributed by atoms with E-state index in [0.29, 0.717) is 10.2 Å². The first-order valence-corrected chi connectivity index (χ1v) is 5.67. The summed E-state index contributed by atoms with van der Waals surface area (Å²) in [7, 11) is 0. The van der Waals surface area contributed by atoms with E-state index < -0.39 is 11.8 Å². The second kappa shape index (κ2) is 4.68. The zero-order valence-corrected chi connectivity index (χ0v) is 9.85. The second-order valence-corrected chi connectivity index (χ2v) is 4.55. The summed E-state index contributed by atoms with van der Waals surface area (Å²) >= 11 is 6.64. The lowest BCUT2D eigenvalue weighted by Crippen LogP contribution is -1.92. The molecule has 0 spiro atoms. The van der Waals surface area contributed by atoms with Gasteiger partial charge in [-0.15, -0.1) is 0 Å². The monoisotopic (exact) mass is 272 g/mol. The predicted molar refractivity (Wildman–Crippen MR) is 63.8 cm³/mol. The summed E-state index contributed by atoms with van der Waals surface area (Å²) in [5, 5.41) is 12.1. The molecule has 0 amide bonds. The van der Waals surface area contributed by atoms with Crippen molar-refractivity contribution in [2.75, 3.05) is 5.32 Å². The number of carboxylic acid groups (broad SMARTS) is 1. The molecule has 0 radical (unpaired) electrons. The summed E-state index contributed by atoms with van der Waals surface area (Å²) in [4.78, 5) is 14.5. The third kappa shape index (κ3) is 2.72. The molecule has 2 aromatic rings. The fourth-order valence-electron chi connectivity index (χ4n) is 1.14. The molecule has 0 aliphatic heterocycles. The van der Waals surface area contributed by atoms with Crippen LogP contribution in [0.4, 0.5) is 15.2 Å². The molecule has 4 nitrogen and oxygen atoms in total. The van der Waals surface area contributed by atoms with Crippen LogP contribution in [0.3, 0.4) is 0 Å². The Morgan fingerprint density at radius 1 is 1.53 bits per heavy atom. The number of halogens is 2. The van der Waals surface area contributed by atoms with Crippen LogP contribution in [0, 0.1) is 5.82 Å². The Morgan fingerprint density at radius 3 is 2.94 bits per heavy atom. The number of benzene rings is 1. The van der Waals surface area contributed by atoms with E-state index >= 15 is 0 Å². The Kier molecular flexibility index (Phi) is 3.26. The normalized spacial score (nSPS) is 10.2. The van der Waals surface area contributed by atoms with Crippen molar-refractivity contribution in [3.05, 3.63) is 40.1 Å². The molecular weight excluding hydrogens is 267 g/mol. The summed E-state index contributed by atoms with van der Waals surface area (Å²) in [5.74, 6) is -1.55. The average molecular weight is 273 g/mol. The summed E-state index contributed by atoms with van der Waals surface area (Å²) in [6.45, 7) is 0. The third-order valence-electron chi connectivity index (χ3n) is 1.89. The maximum absolute atomic E-state index is 13.4. The van der Waals surface area contributed by atoms with Crippen LogP contribution in [-0.2, 0) is 0 Å². The van der Waals surface area contributed by atoms with Gasteiger partial charge in [0.2, 0.25) is 0 Å². The minimum atomic E-state index is -1.07. The largest absolute Gasteiger partial charge is 0.477 e. The van der Waals surface area contributed by atoms with Crippen molar-refractivity contribution < 1.29 is 14.3 Å². The Bertz CT molecular complexity index is 573. The van der Waals surface area contributed by atoms with Gasteiger partial charge in [0.15, 0.2) is 5.13 Å². The van der Waals surface area contributed by atoms with Crippen LogP contribution < -0.4 is 5.32 Å². The molecule has 1 aromatic heterocycles. The molecule has 1 aromatic carbocycles. The van der Waals surface area contributed by atoms with Crippen molar-refractivity contribution in [3.63, 3.8) is 0 Å². The van der Waals surface area contributed by atoms with E-state index in [1.165, 1.54) is 24.4 Å². The van der Waals surface area contributed by atoms with E-state index in [4.69, 9.17) is 16.7 Å². The summed E-state index contributed by atoms with van der Waals surface area (Å²) in [6, 6.07) is 4.04. The molecule has 2 rings (SSSR count). The van der Waals surface area contributed by atoms with E-state index in [0.717, 1.165) is 11.3 Å². The van der Waals surface area contributed by atoms with Gasteiger partial charge >= 0.3 is 5.97 Å². The van der Waals surface area contributed by atoms with Crippen LogP contribution in [0.1, 0.15) is 9.67 Å². The lowest BCUT2D eigenvalue weighted by atomic mass is 10.3. The van der Waals surface area contributed by atoms with Crippen molar-refractivity contribution >= 4 is 39.7 Å². The highest BCUT2D eigenvalue weighted by Gasteiger charge is 2.10. The number of carbonyl (C=O) groups is 1. The fourth-order valence-corrected chi connectivity index (χ4v) is 1.98. The van der Waals surface area contributed by atoms with E-state index in [1.807, 2.05) is 0 Å². The van der Waals surface area contributed by atoms with E-state index in [2.05, 4.69) is 10.3 Å². The summed E-state index contributed by atoms with van der Waals surface area (Å²) in [6.07, 6.45) is 1.21. The maximum atomic E-state index is 13.4. The standard InChI is InChI=1S/C10H6ClFN2O2S/c11-5-1-2-6(12)7(3-5)14-10-13-4-8(17-10)9(15)16/h1-4H,(H,13,14)(H,15,16). The van der Waals surface area contributed by atoms with Crippen LogP contribution >= 0.6 is 22.9 Å². The Balaban J connectivity index is 2.25. The van der Waals surface area contributed by atoms with Crippen molar-refractivity contribution in [2.45, 2.75) is 0 Å². The molecule has 7 heteroatoms. The van der Waals surface area contributed by atoms with Crippen LogP contribution in [0.5, 0.6) is 0 Å². The molecule has 2 N–H and O–H groups in total. The van der Waals surface area contributed by atoms with Gasteiger partial charge in [0.1, 0.15) is 10.7 Å². The Morgan fingerprint density at radius 2 is 2.29 bits per heavy atom. The molecule has 0 bridgehead atoms. The van der Waals surface area contributed by atoms with Crippen molar-refractivity contribution in [2.24, 2.45) is 0 Å². The third-order valence-corrected chi connectivity index (χ3v) is 3.02.